The molecule has 5 aromatic rings. The monoisotopic (exact) mass is 788 g/mol. The average Bonchev–Trinajstić information content (AvgIpc) is 3.97. The molecule has 0 N–H and O–H groups in total. The molecule has 3 aromatic carbocycles. The van der Waals surface area contributed by atoms with Gasteiger partial charge in [0.15, 0.2) is 11.6 Å². The Morgan fingerprint density at radius 2 is 1.00 bits per heavy atom. The molecule has 3 fully saturated rings. The number of rotatable bonds is 7. The first-order valence-electron chi connectivity index (χ1n) is 16.0. The van der Waals surface area contributed by atoms with Crippen molar-refractivity contribution in [3.63, 3.8) is 0 Å². The van der Waals surface area contributed by atoms with Crippen molar-refractivity contribution in [1.29, 1.82) is 0 Å². The van der Waals surface area contributed by atoms with Crippen LogP contribution in [0, 0.1) is 49.4 Å². The summed E-state index contributed by atoms with van der Waals surface area (Å²) in [5, 5.41) is 2.28. The van der Waals surface area contributed by atoms with Crippen molar-refractivity contribution in [3.05, 3.63) is 144 Å². The fourth-order valence-corrected chi connectivity index (χ4v) is 5.55. The molecule has 0 bridgehead atoms. The normalized spacial score (nSPS) is 15.8. The van der Waals surface area contributed by atoms with E-state index >= 15 is 0 Å². The van der Waals surface area contributed by atoms with E-state index in [0.29, 0.717) is 28.2 Å². The summed E-state index contributed by atoms with van der Waals surface area (Å²) in [5.41, 5.74) is 5.00. The van der Waals surface area contributed by atoms with Gasteiger partial charge in [0.05, 0.1) is 23.2 Å². The van der Waals surface area contributed by atoms with E-state index < -0.39 is 0 Å². The number of aromatic nitrogens is 2. The van der Waals surface area contributed by atoms with Crippen molar-refractivity contribution in [2.24, 2.45) is 0 Å². The van der Waals surface area contributed by atoms with Gasteiger partial charge in [-0.3, -0.25) is 29.1 Å². The van der Waals surface area contributed by atoms with Gasteiger partial charge in [0, 0.05) is 129 Å². The van der Waals surface area contributed by atoms with Crippen LogP contribution in [0.25, 0.3) is 21.8 Å². The number of carbonyl (C=O) groups excluding carboxylic acids is 4. The molecule has 49 heavy (non-hydrogen) atoms. The third-order valence-corrected chi connectivity index (χ3v) is 8.35. The summed E-state index contributed by atoms with van der Waals surface area (Å²) in [6.45, 7) is 5.41. The van der Waals surface area contributed by atoms with Gasteiger partial charge in [0.25, 0.3) is 0 Å². The van der Waals surface area contributed by atoms with Crippen molar-refractivity contribution in [3.8, 4) is 0 Å². The number of hydrogen-bond acceptors (Lipinski definition) is 9. The number of pyridine rings is 2. The van der Waals surface area contributed by atoms with Gasteiger partial charge in [0.1, 0.15) is 11.4 Å². The number of ketones is 4. The molecule has 9 nitrogen and oxygen atoms in total. The predicted molar refractivity (Wildman–Crippen MR) is 183 cm³/mol. The van der Waals surface area contributed by atoms with Crippen LogP contribution in [0.2, 0.25) is 0 Å². The molecule has 2 aromatic heterocycles. The van der Waals surface area contributed by atoms with Crippen LogP contribution in [0.5, 0.6) is 0 Å². The van der Waals surface area contributed by atoms with Gasteiger partial charge >= 0.3 is 0 Å². The second-order valence-electron chi connectivity index (χ2n) is 11.9. The molecule has 9 rings (SSSR count). The Hall–Kier alpha value is -4.38. The molecule has 0 atom stereocenters. The van der Waals surface area contributed by atoms with Gasteiger partial charge < -0.3 is 14.7 Å². The van der Waals surface area contributed by atoms with E-state index in [9.17, 15) is 19.2 Å². The van der Waals surface area contributed by atoms with Crippen molar-refractivity contribution >= 4 is 44.9 Å². The minimum Gasteiger partial charge on any atom is -0.365 e. The molecule has 1 aliphatic carbocycles. The van der Waals surface area contributed by atoms with E-state index in [0.717, 1.165) is 61.1 Å². The number of hydrogen-bond donors (Lipinski definition) is 0. The summed E-state index contributed by atoms with van der Waals surface area (Å²) in [7, 11) is 0. The minimum atomic E-state index is -0.139. The van der Waals surface area contributed by atoms with Crippen molar-refractivity contribution in [2.45, 2.75) is 6.42 Å². The number of nitrogens with zero attached hydrogens (tertiary/aromatic N) is 5. The Morgan fingerprint density at radius 3 is 1.45 bits per heavy atom. The van der Waals surface area contributed by atoms with Crippen LogP contribution in [0.3, 0.4) is 0 Å². The van der Waals surface area contributed by atoms with Crippen LogP contribution < -0.4 is 0 Å². The fraction of sp³-hybridized carbons (Fsp3) is 0.179. The van der Waals surface area contributed by atoms with Crippen molar-refractivity contribution < 1.29 is 68.6 Å². The van der Waals surface area contributed by atoms with E-state index in [1.807, 2.05) is 39.0 Å². The maximum absolute atomic E-state index is 12.4. The summed E-state index contributed by atoms with van der Waals surface area (Å²) < 4.78 is 0. The Kier molecular flexibility index (Phi) is 10.9. The Morgan fingerprint density at radius 1 is 0.551 bits per heavy atom. The minimum absolute atomic E-state index is 0. The second-order valence-corrected chi connectivity index (χ2v) is 11.9. The third-order valence-electron chi connectivity index (χ3n) is 8.35. The third kappa shape index (κ3) is 8.27. The van der Waals surface area contributed by atoms with Gasteiger partial charge in [-0.2, -0.15) is 0 Å². The van der Waals surface area contributed by atoms with E-state index in [1.54, 1.807) is 60.9 Å². The van der Waals surface area contributed by atoms with Crippen LogP contribution >= 0.6 is 0 Å². The zero-order valence-corrected chi connectivity index (χ0v) is 29.1. The van der Waals surface area contributed by atoms with Gasteiger partial charge in [-0.05, 0) is 12.1 Å². The first kappa shape index (κ1) is 34.5. The summed E-state index contributed by atoms with van der Waals surface area (Å²) >= 11 is 0. The Balaban J connectivity index is 0.000000127. The fourth-order valence-electron chi connectivity index (χ4n) is 5.55. The molecule has 1 radical (unpaired) electrons. The number of fused-ring (bicyclic) bond motifs is 3. The molecular formula is C39H33EuN5O4. The molecular weight excluding hydrogens is 754 g/mol. The number of carbonyl (C=O) groups is 4. The Bertz CT molecular complexity index is 2000. The smallest absolute Gasteiger partial charge is 0.227 e. The maximum Gasteiger partial charge on any atom is 0.227 e. The molecule has 0 amide bonds. The summed E-state index contributed by atoms with van der Waals surface area (Å²) in [4.78, 5) is 62.8. The summed E-state index contributed by atoms with van der Waals surface area (Å²) in [6, 6.07) is 29.9. The molecule has 0 unspecified atom stereocenters. The molecule has 0 saturated carbocycles. The van der Waals surface area contributed by atoms with Crippen LogP contribution in [-0.4, -0.2) is 87.1 Å². The standard InChI is InChI=1S/C15H12O2.C12H13N3O2.C12H8N2.Eu/c16-14(12-7-3-1-4-8-12)11-15(17)13-9-5-2-6-10-13;16-9-7-8(13-1-2-13)12(17)11(15-5-6-15)10(9)14-3-4-14;1-3-9-5-6-10-4-2-8-14-12(10)11(9)13-7-1;/h1-10H,11H2;7H,1-6H2;1-8H;. The second kappa shape index (κ2) is 15.4. The Labute approximate surface area is 324 Å². The van der Waals surface area contributed by atoms with E-state index in [2.05, 4.69) is 34.2 Å². The summed E-state index contributed by atoms with van der Waals surface area (Å²) in [6.07, 6.45) is 5.05. The van der Waals surface area contributed by atoms with Crippen LogP contribution in [0.4, 0.5) is 0 Å². The number of allylic oxidation sites excluding steroid dienone is 1. The maximum atomic E-state index is 12.4. The van der Waals surface area contributed by atoms with Gasteiger partial charge in [-0.25, -0.2) is 0 Å². The van der Waals surface area contributed by atoms with Crippen LogP contribution in [-0.2, 0) is 9.59 Å². The van der Waals surface area contributed by atoms with E-state index in [4.69, 9.17) is 0 Å². The van der Waals surface area contributed by atoms with E-state index in [1.165, 1.54) is 6.08 Å². The molecule has 245 valence electrons. The molecule has 10 heteroatoms. The molecule has 3 saturated heterocycles. The van der Waals surface area contributed by atoms with Crippen LogP contribution in [0.15, 0.2) is 133 Å². The predicted octanol–water partition coefficient (Wildman–Crippen LogP) is 5.11. The zero-order valence-electron chi connectivity index (χ0n) is 26.7. The van der Waals surface area contributed by atoms with Gasteiger partial charge in [0.2, 0.25) is 11.6 Å². The average molecular weight is 788 g/mol. The zero-order chi connectivity index (χ0) is 33.0. The topological polar surface area (TPSA) is 103 Å². The summed E-state index contributed by atoms with van der Waals surface area (Å²) in [5.74, 6) is -0.230. The largest absolute Gasteiger partial charge is 0.365 e. The van der Waals surface area contributed by atoms with Crippen molar-refractivity contribution in [2.75, 3.05) is 39.3 Å². The van der Waals surface area contributed by atoms with Crippen LogP contribution in [0.1, 0.15) is 27.1 Å². The van der Waals surface area contributed by atoms with Crippen molar-refractivity contribution in [1.82, 2.24) is 24.7 Å². The SMILES string of the molecule is O=C(CC(=O)c1ccccc1)c1ccccc1.O=C1C=C(N2CC2)C(=O)C(N2CC2)=C1N1CC1.[Eu].c1cnc2c(c1)ccc1cccnc12. The molecule has 5 heterocycles. The molecule has 0 spiro atoms. The molecule has 4 aliphatic rings. The van der Waals surface area contributed by atoms with Gasteiger partial charge in [-0.15, -0.1) is 0 Å². The van der Waals surface area contributed by atoms with Gasteiger partial charge in [-0.1, -0.05) is 84.9 Å². The van der Waals surface area contributed by atoms with E-state index in [-0.39, 0.29) is 78.9 Å². The number of Topliss-reactive ketones (excluding diaryl/α,β-unsaturated/α-hetero) is 3. The first-order chi connectivity index (χ1) is 23.5. The quantitative estimate of drug-likeness (QED) is 0.0733. The number of benzene rings is 3. The first-order valence-corrected chi connectivity index (χ1v) is 16.0. The molecule has 3 aliphatic heterocycles.